The van der Waals surface area contributed by atoms with Crippen LogP contribution >= 0.6 is 12.4 Å². The third-order valence-corrected chi connectivity index (χ3v) is 2.73. The average Bonchev–Trinajstić information content (AvgIpc) is 2.35. The van der Waals surface area contributed by atoms with Crippen molar-refractivity contribution in [2.45, 2.75) is 31.1 Å². The van der Waals surface area contributed by atoms with E-state index in [-0.39, 0.29) is 25.4 Å². The molecule has 1 aromatic carbocycles. The van der Waals surface area contributed by atoms with E-state index in [2.05, 4.69) is 5.32 Å². The summed E-state index contributed by atoms with van der Waals surface area (Å²) in [7, 11) is 0. The van der Waals surface area contributed by atoms with Crippen LogP contribution in [0.25, 0.3) is 0 Å². The fourth-order valence-corrected chi connectivity index (χ4v) is 1.94. The Morgan fingerprint density at radius 3 is 2.71 bits per heavy atom. The normalized spacial score (nSPS) is 30.7. The maximum atomic E-state index is 11.5. The van der Waals surface area contributed by atoms with Crippen molar-refractivity contribution in [3.63, 3.8) is 0 Å². The standard InChI is InChI=1S/C13H17NO2.ClH/c15-13(16)12(10-6-2-1-3-7-10)11-8-4-5-9-14-11;/h1-3,6-7,11-12,14H,4-5,8-9H2,(H,15,16);1H/t11-,12?;/m0./s1/i4D2,5D2;. The highest BCUT2D eigenvalue weighted by molar-refractivity contribution is 5.85. The monoisotopic (exact) mass is 259 g/mol. The maximum Gasteiger partial charge on any atom is 0.312 e. The molecule has 0 aliphatic carbocycles. The Kier molecular flexibility index (Phi) is 3.49. The maximum absolute atomic E-state index is 11.5. The van der Waals surface area contributed by atoms with Gasteiger partial charge in [-0.3, -0.25) is 4.79 Å². The molecule has 1 aromatic rings. The first-order chi connectivity index (χ1) is 9.24. The topological polar surface area (TPSA) is 49.3 Å². The predicted molar refractivity (Wildman–Crippen MR) is 69.7 cm³/mol. The molecular weight excluding hydrogens is 238 g/mol. The van der Waals surface area contributed by atoms with E-state index in [9.17, 15) is 9.90 Å². The van der Waals surface area contributed by atoms with Gasteiger partial charge in [0.15, 0.2) is 0 Å². The first kappa shape index (κ1) is 8.95. The lowest BCUT2D eigenvalue weighted by Crippen LogP contribution is -2.41. The average molecular weight is 260 g/mol. The third kappa shape index (κ3) is 3.45. The Hall–Kier alpha value is -1.06. The quantitative estimate of drug-likeness (QED) is 0.877. The van der Waals surface area contributed by atoms with Crippen molar-refractivity contribution < 1.29 is 15.4 Å². The van der Waals surface area contributed by atoms with E-state index >= 15 is 0 Å². The summed E-state index contributed by atoms with van der Waals surface area (Å²) in [6.45, 7) is -0.193. The molecule has 0 spiro atoms. The summed E-state index contributed by atoms with van der Waals surface area (Å²) in [6.07, 6.45) is -4.22. The van der Waals surface area contributed by atoms with Gasteiger partial charge in [-0.15, -0.1) is 12.4 Å². The van der Waals surface area contributed by atoms with Gasteiger partial charge in [0.2, 0.25) is 0 Å². The van der Waals surface area contributed by atoms with E-state index in [4.69, 9.17) is 5.48 Å². The number of hydrogen-bond donors (Lipinski definition) is 2. The Morgan fingerprint density at radius 2 is 2.12 bits per heavy atom. The second-order valence-corrected chi connectivity index (χ2v) is 3.77. The summed E-state index contributed by atoms with van der Waals surface area (Å²) in [6, 6.07) is 8.02. The van der Waals surface area contributed by atoms with E-state index in [0.717, 1.165) is 0 Å². The number of carboxylic acids is 1. The molecule has 2 rings (SSSR count). The van der Waals surface area contributed by atoms with Crippen LogP contribution in [0.3, 0.4) is 0 Å². The molecule has 17 heavy (non-hydrogen) atoms. The van der Waals surface area contributed by atoms with Crippen LogP contribution in [0, 0.1) is 0 Å². The van der Waals surface area contributed by atoms with E-state index in [1.165, 1.54) is 0 Å². The molecule has 0 saturated carbocycles. The van der Waals surface area contributed by atoms with Gasteiger partial charge in [-0.05, 0) is 24.9 Å². The number of aliphatic carboxylic acids is 1. The number of carbonyl (C=O) groups is 1. The van der Waals surface area contributed by atoms with Gasteiger partial charge in [-0.25, -0.2) is 0 Å². The van der Waals surface area contributed by atoms with E-state index in [1.807, 2.05) is 0 Å². The van der Waals surface area contributed by atoms with Crippen LogP contribution in [0.15, 0.2) is 30.3 Å². The molecule has 2 N–H and O–H groups in total. The smallest absolute Gasteiger partial charge is 0.312 e. The molecule has 4 heteroatoms. The molecule has 1 fully saturated rings. The number of halogens is 1. The minimum Gasteiger partial charge on any atom is -0.481 e. The molecular formula is C13H18ClNO2. The molecule has 0 radical (unpaired) electrons. The molecule has 0 amide bonds. The Morgan fingerprint density at radius 1 is 1.41 bits per heavy atom. The van der Waals surface area contributed by atoms with Gasteiger partial charge in [0, 0.05) is 11.5 Å². The summed E-state index contributed by atoms with van der Waals surface area (Å²) in [5.74, 6) is -1.92. The van der Waals surface area contributed by atoms with E-state index in [0.29, 0.717) is 5.56 Å². The lowest BCUT2D eigenvalue weighted by molar-refractivity contribution is -0.139. The minimum absolute atomic E-state index is 0. The number of nitrogens with one attached hydrogen (secondary N) is 1. The summed E-state index contributed by atoms with van der Waals surface area (Å²) in [5, 5.41) is 12.3. The number of hydrogen-bond acceptors (Lipinski definition) is 2. The van der Waals surface area contributed by atoms with Crippen LogP contribution in [0.1, 0.15) is 36.1 Å². The van der Waals surface area contributed by atoms with E-state index in [1.54, 1.807) is 30.3 Å². The molecule has 1 unspecified atom stereocenters. The van der Waals surface area contributed by atoms with Gasteiger partial charge in [-0.1, -0.05) is 36.7 Å². The molecule has 1 aliphatic rings. The van der Waals surface area contributed by atoms with Gasteiger partial charge in [0.1, 0.15) is 0 Å². The van der Waals surface area contributed by atoms with Crippen molar-refractivity contribution in [3.05, 3.63) is 35.9 Å². The molecule has 1 heterocycles. The summed E-state index contributed by atoms with van der Waals surface area (Å²) in [5.41, 5.74) is 0.593. The largest absolute Gasteiger partial charge is 0.481 e. The first-order valence-electron chi connectivity index (χ1n) is 7.26. The van der Waals surface area contributed by atoms with Gasteiger partial charge < -0.3 is 10.4 Å². The fourth-order valence-electron chi connectivity index (χ4n) is 1.94. The van der Waals surface area contributed by atoms with Crippen LogP contribution < -0.4 is 5.32 Å². The van der Waals surface area contributed by atoms with Crippen LogP contribution in [0.4, 0.5) is 0 Å². The first-order valence-corrected chi connectivity index (χ1v) is 5.26. The van der Waals surface area contributed by atoms with Crippen molar-refractivity contribution in [3.8, 4) is 0 Å². The predicted octanol–water partition coefficient (Wildman–Crippen LogP) is 2.42. The van der Waals surface area contributed by atoms with Crippen molar-refractivity contribution in [2.75, 3.05) is 6.54 Å². The zero-order chi connectivity index (χ0) is 15.0. The second-order valence-electron chi connectivity index (χ2n) is 3.77. The van der Waals surface area contributed by atoms with Crippen LogP contribution in [0.5, 0.6) is 0 Å². The van der Waals surface area contributed by atoms with Gasteiger partial charge in [-0.2, -0.15) is 0 Å². The SMILES string of the molecule is Cl.[2H]C1([2H])CN[C@H](C(C(=O)O)c2ccccc2)CC1([2H])[2H]. The number of benzene rings is 1. The summed E-state index contributed by atoms with van der Waals surface area (Å²) >= 11 is 0. The van der Waals surface area contributed by atoms with Crippen molar-refractivity contribution in [1.82, 2.24) is 5.32 Å². The molecule has 0 bridgehead atoms. The molecule has 2 atom stereocenters. The highest BCUT2D eigenvalue weighted by Gasteiger charge is 2.30. The number of piperidine rings is 1. The van der Waals surface area contributed by atoms with Crippen molar-refractivity contribution in [2.24, 2.45) is 0 Å². The molecule has 1 saturated heterocycles. The second kappa shape index (κ2) is 6.62. The lowest BCUT2D eigenvalue weighted by atomic mass is 9.86. The molecule has 1 aliphatic heterocycles. The van der Waals surface area contributed by atoms with Crippen molar-refractivity contribution in [1.29, 1.82) is 0 Å². The molecule has 0 aromatic heterocycles. The highest BCUT2D eigenvalue weighted by Crippen LogP contribution is 2.25. The Labute approximate surface area is 113 Å². The summed E-state index contributed by atoms with van der Waals surface area (Å²) in [4.78, 5) is 11.5. The van der Waals surface area contributed by atoms with Crippen LogP contribution in [-0.2, 0) is 4.79 Å². The molecule has 94 valence electrons. The number of carboxylic acid groups (broad SMARTS) is 1. The van der Waals surface area contributed by atoms with Crippen LogP contribution in [-0.4, -0.2) is 23.7 Å². The summed E-state index contributed by atoms with van der Waals surface area (Å²) < 4.78 is 30.9. The van der Waals surface area contributed by atoms with Gasteiger partial charge in [0.25, 0.3) is 0 Å². The van der Waals surface area contributed by atoms with Crippen LogP contribution in [0.2, 0.25) is 0 Å². The van der Waals surface area contributed by atoms with Gasteiger partial charge >= 0.3 is 5.97 Å². The highest BCUT2D eigenvalue weighted by atomic mass is 35.5. The third-order valence-electron chi connectivity index (χ3n) is 2.73. The van der Waals surface area contributed by atoms with E-state index < -0.39 is 30.7 Å². The molecule has 3 nitrogen and oxygen atoms in total. The Bertz CT molecular complexity index is 498. The fraction of sp³-hybridized carbons (Fsp3) is 0.462. The van der Waals surface area contributed by atoms with Gasteiger partial charge in [0.05, 0.1) is 5.92 Å². The zero-order valence-electron chi connectivity index (χ0n) is 13.2. The van der Waals surface area contributed by atoms with Crippen molar-refractivity contribution >= 4 is 18.4 Å². The minimum atomic E-state index is -2.05. The zero-order valence-corrected chi connectivity index (χ0v) is 10.0. The number of rotatable bonds is 3. The lowest BCUT2D eigenvalue weighted by Gasteiger charge is -2.29. The Balaban J connectivity index is 0.00000220.